The third kappa shape index (κ3) is 2.94. The number of carboxylic acid groups (broad SMARTS) is 1. The summed E-state index contributed by atoms with van der Waals surface area (Å²) in [5, 5.41) is 18.6. The van der Waals surface area contributed by atoms with Crippen LogP contribution in [0.4, 0.5) is 5.69 Å². The van der Waals surface area contributed by atoms with Crippen molar-refractivity contribution in [1.29, 1.82) is 0 Å². The molecule has 1 aromatic heterocycles. The maximum absolute atomic E-state index is 12.1. The molecule has 0 saturated carbocycles. The minimum absolute atomic E-state index is 0.0458. The number of para-hydroxylation sites is 1. The predicted octanol–water partition coefficient (Wildman–Crippen LogP) is 2.72. The van der Waals surface area contributed by atoms with Gasteiger partial charge < -0.3 is 10.2 Å². The zero-order valence-corrected chi connectivity index (χ0v) is 12.9. The minimum Gasteiger partial charge on any atom is -0.505 e. The summed E-state index contributed by atoms with van der Waals surface area (Å²) in [6, 6.07) is 6.77. The van der Waals surface area contributed by atoms with Gasteiger partial charge in [0.2, 0.25) is 0 Å². The van der Waals surface area contributed by atoms with Crippen LogP contribution in [0.3, 0.4) is 0 Å². The number of hydrogen-bond acceptors (Lipinski definition) is 5. The van der Waals surface area contributed by atoms with Crippen LogP contribution in [0.5, 0.6) is 5.75 Å². The van der Waals surface area contributed by atoms with E-state index in [9.17, 15) is 18.3 Å². The summed E-state index contributed by atoms with van der Waals surface area (Å²) in [5.41, 5.74) is -0.563. The Hall–Kier alpha value is -1.58. The molecule has 9 heteroatoms. The van der Waals surface area contributed by atoms with E-state index in [-0.39, 0.29) is 15.5 Å². The van der Waals surface area contributed by atoms with Crippen LogP contribution in [-0.4, -0.2) is 24.6 Å². The number of phenols is 1. The van der Waals surface area contributed by atoms with E-state index in [2.05, 4.69) is 20.7 Å². The van der Waals surface area contributed by atoms with Gasteiger partial charge in [0.05, 0.1) is 9.47 Å². The molecule has 0 saturated heterocycles. The molecule has 20 heavy (non-hydrogen) atoms. The van der Waals surface area contributed by atoms with Crippen LogP contribution in [0.1, 0.15) is 10.4 Å². The van der Waals surface area contributed by atoms with E-state index in [1.54, 1.807) is 6.07 Å². The zero-order valence-electron chi connectivity index (χ0n) is 9.70. The van der Waals surface area contributed by atoms with Gasteiger partial charge in [-0.3, -0.25) is 4.72 Å². The van der Waals surface area contributed by atoms with Crippen molar-refractivity contribution in [3.8, 4) is 5.75 Å². The minimum atomic E-state index is -3.87. The van der Waals surface area contributed by atoms with Crippen LogP contribution < -0.4 is 4.72 Å². The number of aromatic hydroxyl groups is 1. The van der Waals surface area contributed by atoms with Gasteiger partial charge >= 0.3 is 5.97 Å². The fraction of sp³-hybridized carbons (Fsp3) is 0. The molecule has 0 spiro atoms. The lowest BCUT2D eigenvalue weighted by Crippen LogP contribution is -2.12. The average molecular weight is 378 g/mol. The Morgan fingerprint density at radius 2 is 1.95 bits per heavy atom. The molecule has 0 unspecified atom stereocenters. The topological polar surface area (TPSA) is 104 Å². The second-order valence-electron chi connectivity index (χ2n) is 3.67. The molecule has 0 aliphatic carbocycles. The van der Waals surface area contributed by atoms with Crippen LogP contribution in [-0.2, 0) is 10.0 Å². The summed E-state index contributed by atoms with van der Waals surface area (Å²) in [6.07, 6.45) is 0. The molecule has 2 aromatic rings. The lowest BCUT2D eigenvalue weighted by atomic mass is 10.2. The second kappa shape index (κ2) is 5.43. The lowest BCUT2D eigenvalue weighted by Gasteiger charge is -2.09. The third-order valence-electron chi connectivity index (χ3n) is 2.32. The molecule has 1 heterocycles. The lowest BCUT2D eigenvalue weighted by molar-refractivity contribution is 0.0694. The first kappa shape index (κ1) is 14.8. The molecule has 0 aliphatic rings. The standard InChI is InChI=1S/C11H8BrNO5S2/c12-8-4-5-9(19-8)20(17,18)13-7-3-1-2-6(10(7)14)11(15)16/h1-5,13-14H,(H,15,16). The van der Waals surface area contributed by atoms with Crippen molar-refractivity contribution in [3.05, 3.63) is 39.7 Å². The highest BCUT2D eigenvalue weighted by Gasteiger charge is 2.20. The van der Waals surface area contributed by atoms with Crippen molar-refractivity contribution in [2.45, 2.75) is 4.21 Å². The van der Waals surface area contributed by atoms with Gasteiger partial charge in [-0.15, -0.1) is 11.3 Å². The van der Waals surface area contributed by atoms with Crippen molar-refractivity contribution in [1.82, 2.24) is 0 Å². The van der Waals surface area contributed by atoms with E-state index in [0.717, 1.165) is 11.3 Å². The highest BCUT2D eigenvalue weighted by Crippen LogP contribution is 2.32. The largest absolute Gasteiger partial charge is 0.505 e. The van der Waals surface area contributed by atoms with Crippen molar-refractivity contribution in [2.75, 3.05) is 4.72 Å². The number of aromatic carboxylic acids is 1. The van der Waals surface area contributed by atoms with Crippen molar-refractivity contribution in [3.63, 3.8) is 0 Å². The fourth-order valence-electron chi connectivity index (χ4n) is 1.44. The van der Waals surface area contributed by atoms with Crippen molar-refractivity contribution >= 4 is 48.9 Å². The predicted molar refractivity (Wildman–Crippen MR) is 77.9 cm³/mol. The first-order valence-corrected chi connectivity index (χ1v) is 8.24. The Kier molecular flexibility index (Phi) is 4.02. The normalized spacial score (nSPS) is 11.2. The molecule has 6 nitrogen and oxygen atoms in total. The van der Waals surface area contributed by atoms with Crippen molar-refractivity contribution in [2.24, 2.45) is 0 Å². The molecule has 0 fully saturated rings. The third-order valence-corrected chi connectivity index (χ3v) is 5.81. The molecule has 0 aliphatic heterocycles. The Morgan fingerprint density at radius 1 is 1.25 bits per heavy atom. The summed E-state index contributed by atoms with van der Waals surface area (Å²) < 4.78 is 27.0. The number of anilines is 1. The SMILES string of the molecule is O=C(O)c1cccc(NS(=O)(=O)c2ccc(Br)s2)c1O. The maximum atomic E-state index is 12.1. The number of thiophene rings is 1. The van der Waals surface area contributed by atoms with E-state index in [4.69, 9.17) is 5.11 Å². The summed E-state index contributed by atoms with van der Waals surface area (Å²) >= 11 is 4.15. The average Bonchev–Trinajstić information content (AvgIpc) is 2.79. The van der Waals surface area contributed by atoms with Gasteiger partial charge in [0.25, 0.3) is 10.0 Å². The number of benzene rings is 1. The van der Waals surface area contributed by atoms with E-state index < -0.39 is 21.7 Å². The Labute approximate surface area is 126 Å². The first-order chi connectivity index (χ1) is 9.31. The number of halogens is 1. The highest BCUT2D eigenvalue weighted by atomic mass is 79.9. The zero-order chi connectivity index (χ0) is 14.9. The summed E-state index contributed by atoms with van der Waals surface area (Å²) in [7, 11) is -3.87. The van der Waals surface area contributed by atoms with Crippen LogP contribution in [0.25, 0.3) is 0 Å². The smallest absolute Gasteiger partial charge is 0.339 e. The maximum Gasteiger partial charge on any atom is 0.339 e. The molecule has 0 atom stereocenters. The Balaban J connectivity index is 2.40. The highest BCUT2D eigenvalue weighted by molar-refractivity contribution is 9.11. The number of hydrogen-bond donors (Lipinski definition) is 3. The molecular formula is C11H8BrNO5S2. The van der Waals surface area contributed by atoms with Crippen LogP contribution in [0.15, 0.2) is 38.3 Å². The van der Waals surface area contributed by atoms with E-state index in [1.807, 2.05) is 0 Å². The van der Waals surface area contributed by atoms with Gasteiger partial charge in [-0.2, -0.15) is 0 Å². The van der Waals surface area contributed by atoms with Gasteiger partial charge in [-0.1, -0.05) is 6.07 Å². The summed E-state index contributed by atoms with van der Waals surface area (Å²) in [5.74, 6) is -1.97. The molecular weight excluding hydrogens is 370 g/mol. The Morgan fingerprint density at radius 3 is 2.50 bits per heavy atom. The molecule has 106 valence electrons. The second-order valence-corrected chi connectivity index (χ2v) is 8.04. The monoisotopic (exact) mass is 377 g/mol. The molecule has 1 aromatic carbocycles. The van der Waals surface area contributed by atoms with Crippen molar-refractivity contribution < 1.29 is 23.4 Å². The summed E-state index contributed by atoms with van der Waals surface area (Å²) in [4.78, 5) is 10.9. The first-order valence-electron chi connectivity index (χ1n) is 5.14. The number of sulfonamides is 1. The number of nitrogens with one attached hydrogen (secondary N) is 1. The molecule has 0 amide bonds. The van der Waals surface area contributed by atoms with E-state index in [1.165, 1.54) is 24.3 Å². The van der Waals surface area contributed by atoms with Crippen LogP contribution in [0.2, 0.25) is 0 Å². The van der Waals surface area contributed by atoms with Gasteiger partial charge in [0, 0.05) is 0 Å². The summed E-state index contributed by atoms with van der Waals surface area (Å²) in [6.45, 7) is 0. The molecule has 3 N–H and O–H groups in total. The number of carbonyl (C=O) groups is 1. The molecule has 2 rings (SSSR count). The van der Waals surface area contributed by atoms with Gasteiger partial charge in [-0.25, -0.2) is 13.2 Å². The van der Waals surface area contributed by atoms with Crippen LogP contribution in [0, 0.1) is 0 Å². The number of rotatable bonds is 4. The Bertz CT molecular complexity index is 769. The van der Waals surface area contributed by atoms with Gasteiger partial charge in [-0.05, 0) is 40.2 Å². The van der Waals surface area contributed by atoms with E-state index in [0.29, 0.717) is 3.79 Å². The van der Waals surface area contributed by atoms with E-state index >= 15 is 0 Å². The van der Waals surface area contributed by atoms with Gasteiger partial charge in [0.15, 0.2) is 5.75 Å². The molecule has 0 radical (unpaired) electrons. The van der Waals surface area contributed by atoms with Gasteiger partial charge in [0.1, 0.15) is 9.77 Å². The number of carboxylic acids is 1. The quantitative estimate of drug-likeness (QED) is 0.710. The molecule has 0 bridgehead atoms. The fourth-order valence-corrected chi connectivity index (χ4v) is 4.51. The van der Waals surface area contributed by atoms with Crippen LogP contribution >= 0.6 is 27.3 Å².